The Morgan fingerprint density at radius 1 is 1.50 bits per heavy atom. The fourth-order valence-corrected chi connectivity index (χ4v) is 2.54. The standard InChI is InChI=1S/C15H21N3O2/c1-17(11-12-6-5-9-16-10-12)15(20)13-7-3-4-8-14(19)18(13)2/h5-6,9-10,13H,3-4,7-8,11H2,1-2H3. The van der Waals surface area contributed by atoms with Crippen molar-refractivity contribution in [1.29, 1.82) is 0 Å². The van der Waals surface area contributed by atoms with Gasteiger partial charge in [0.15, 0.2) is 0 Å². The molecule has 108 valence electrons. The predicted molar refractivity (Wildman–Crippen MR) is 75.7 cm³/mol. The Morgan fingerprint density at radius 3 is 3.00 bits per heavy atom. The number of nitrogens with zero attached hydrogens (tertiary/aromatic N) is 3. The second-order valence-corrected chi connectivity index (χ2v) is 5.32. The lowest BCUT2D eigenvalue weighted by Gasteiger charge is -2.29. The van der Waals surface area contributed by atoms with Crippen LogP contribution in [0.25, 0.3) is 0 Å². The van der Waals surface area contributed by atoms with Gasteiger partial charge in [-0.2, -0.15) is 0 Å². The van der Waals surface area contributed by atoms with Gasteiger partial charge in [0.1, 0.15) is 6.04 Å². The molecule has 1 atom stereocenters. The van der Waals surface area contributed by atoms with E-state index in [4.69, 9.17) is 0 Å². The third-order valence-corrected chi connectivity index (χ3v) is 3.78. The average Bonchev–Trinajstić information content (AvgIpc) is 2.62. The van der Waals surface area contributed by atoms with Gasteiger partial charge < -0.3 is 9.80 Å². The van der Waals surface area contributed by atoms with Crippen LogP contribution in [0.15, 0.2) is 24.5 Å². The minimum atomic E-state index is -0.327. The zero-order valence-corrected chi connectivity index (χ0v) is 12.1. The van der Waals surface area contributed by atoms with Crippen LogP contribution in [-0.2, 0) is 16.1 Å². The highest BCUT2D eigenvalue weighted by Gasteiger charge is 2.30. The molecule has 5 heteroatoms. The summed E-state index contributed by atoms with van der Waals surface area (Å²) < 4.78 is 0. The lowest BCUT2D eigenvalue weighted by Crippen LogP contribution is -2.47. The van der Waals surface area contributed by atoms with Gasteiger partial charge in [-0.05, 0) is 24.5 Å². The molecule has 0 N–H and O–H groups in total. The number of carbonyl (C=O) groups is 2. The van der Waals surface area contributed by atoms with Gasteiger partial charge in [-0.15, -0.1) is 0 Å². The molecular formula is C15H21N3O2. The highest BCUT2D eigenvalue weighted by atomic mass is 16.2. The van der Waals surface area contributed by atoms with Crippen molar-refractivity contribution in [2.45, 2.75) is 38.3 Å². The Balaban J connectivity index is 2.03. The van der Waals surface area contributed by atoms with Crippen LogP contribution in [0, 0.1) is 0 Å². The summed E-state index contributed by atoms with van der Waals surface area (Å²) >= 11 is 0. The van der Waals surface area contributed by atoms with E-state index in [9.17, 15) is 9.59 Å². The Labute approximate surface area is 119 Å². The average molecular weight is 275 g/mol. The van der Waals surface area contributed by atoms with Gasteiger partial charge in [0.25, 0.3) is 0 Å². The lowest BCUT2D eigenvalue weighted by atomic mass is 10.1. The minimum Gasteiger partial charge on any atom is -0.340 e. The molecule has 1 aliphatic heterocycles. The van der Waals surface area contributed by atoms with Crippen LogP contribution in [-0.4, -0.2) is 46.7 Å². The summed E-state index contributed by atoms with van der Waals surface area (Å²) in [7, 11) is 3.51. The molecule has 0 saturated carbocycles. The first kappa shape index (κ1) is 14.5. The Bertz CT molecular complexity index is 475. The molecule has 0 aromatic carbocycles. The molecule has 20 heavy (non-hydrogen) atoms. The SMILES string of the molecule is CN(Cc1cccnc1)C(=O)C1CCCCC(=O)N1C. The number of rotatable bonds is 3. The van der Waals surface area contributed by atoms with E-state index in [2.05, 4.69) is 4.98 Å². The van der Waals surface area contributed by atoms with Crippen molar-refractivity contribution >= 4 is 11.8 Å². The van der Waals surface area contributed by atoms with Gasteiger partial charge in [-0.1, -0.05) is 12.5 Å². The van der Waals surface area contributed by atoms with Gasteiger partial charge in [0.05, 0.1) is 0 Å². The molecule has 1 fully saturated rings. The van der Waals surface area contributed by atoms with Gasteiger partial charge in [0, 0.05) is 39.5 Å². The van der Waals surface area contributed by atoms with Crippen LogP contribution in [0.5, 0.6) is 0 Å². The number of pyridine rings is 1. The summed E-state index contributed by atoms with van der Waals surface area (Å²) in [6, 6.07) is 3.47. The van der Waals surface area contributed by atoms with E-state index >= 15 is 0 Å². The molecule has 2 rings (SSSR count). The highest BCUT2D eigenvalue weighted by molar-refractivity contribution is 5.87. The van der Waals surface area contributed by atoms with Crippen LogP contribution in [0.3, 0.4) is 0 Å². The Kier molecular flexibility index (Phi) is 4.71. The van der Waals surface area contributed by atoms with Crippen LogP contribution in [0.1, 0.15) is 31.2 Å². The molecule has 1 aliphatic rings. The van der Waals surface area contributed by atoms with Crippen molar-refractivity contribution in [1.82, 2.24) is 14.8 Å². The molecule has 0 aliphatic carbocycles. The quantitative estimate of drug-likeness (QED) is 0.839. The third kappa shape index (κ3) is 3.35. The molecule has 1 unspecified atom stereocenters. The van der Waals surface area contributed by atoms with E-state index in [1.807, 2.05) is 12.1 Å². The zero-order valence-electron chi connectivity index (χ0n) is 12.1. The number of likely N-dealkylation sites (tertiary alicyclic amines) is 1. The van der Waals surface area contributed by atoms with E-state index < -0.39 is 0 Å². The number of hydrogen-bond acceptors (Lipinski definition) is 3. The summed E-state index contributed by atoms with van der Waals surface area (Å²) in [4.78, 5) is 31.7. The summed E-state index contributed by atoms with van der Waals surface area (Å²) in [6.45, 7) is 0.519. The first-order valence-electron chi connectivity index (χ1n) is 6.99. The number of aromatic nitrogens is 1. The van der Waals surface area contributed by atoms with E-state index in [1.165, 1.54) is 0 Å². The van der Waals surface area contributed by atoms with Crippen molar-refractivity contribution in [3.05, 3.63) is 30.1 Å². The van der Waals surface area contributed by atoms with Crippen molar-refractivity contribution in [2.75, 3.05) is 14.1 Å². The molecule has 1 saturated heterocycles. The van der Waals surface area contributed by atoms with E-state index in [-0.39, 0.29) is 17.9 Å². The van der Waals surface area contributed by atoms with Gasteiger partial charge in [-0.25, -0.2) is 0 Å². The Morgan fingerprint density at radius 2 is 2.30 bits per heavy atom. The Hall–Kier alpha value is -1.91. The molecule has 5 nitrogen and oxygen atoms in total. The van der Waals surface area contributed by atoms with E-state index in [0.29, 0.717) is 13.0 Å². The second-order valence-electron chi connectivity index (χ2n) is 5.32. The van der Waals surface area contributed by atoms with Crippen molar-refractivity contribution in [3.8, 4) is 0 Å². The number of likely N-dealkylation sites (N-methyl/N-ethyl adjacent to an activating group) is 2. The first-order chi connectivity index (χ1) is 9.59. The van der Waals surface area contributed by atoms with Crippen LogP contribution >= 0.6 is 0 Å². The van der Waals surface area contributed by atoms with Gasteiger partial charge >= 0.3 is 0 Å². The molecule has 1 aromatic rings. The highest BCUT2D eigenvalue weighted by Crippen LogP contribution is 2.18. The number of hydrogen-bond donors (Lipinski definition) is 0. The number of amides is 2. The van der Waals surface area contributed by atoms with Crippen LogP contribution in [0.2, 0.25) is 0 Å². The normalized spacial score (nSPS) is 19.6. The van der Waals surface area contributed by atoms with E-state index in [0.717, 1.165) is 24.8 Å². The minimum absolute atomic E-state index is 0.00611. The largest absolute Gasteiger partial charge is 0.340 e. The summed E-state index contributed by atoms with van der Waals surface area (Å²) in [5, 5.41) is 0. The zero-order chi connectivity index (χ0) is 14.5. The molecule has 2 heterocycles. The molecule has 0 spiro atoms. The third-order valence-electron chi connectivity index (χ3n) is 3.78. The second kappa shape index (κ2) is 6.50. The smallest absolute Gasteiger partial charge is 0.245 e. The van der Waals surface area contributed by atoms with Crippen molar-refractivity contribution < 1.29 is 9.59 Å². The molecule has 2 amide bonds. The van der Waals surface area contributed by atoms with Crippen molar-refractivity contribution in [3.63, 3.8) is 0 Å². The van der Waals surface area contributed by atoms with E-state index in [1.54, 1.807) is 36.3 Å². The summed E-state index contributed by atoms with van der Waals surface area (Å²) in [5.41, 5.74) is 0.992. The van der Waals surface area contributed by atoms with Crippen LogP contribution < -0.4 is 0 Å². The number of carbonyl (C=O) groups excluding carboxylic acids is 2. The summed E-state index contributed by atoms with van der Waals surface area (Å²) in [6.07, 6.45) is 6.56. The molecular weight excluding hydrogens is 254 g/mol. The lowest BCUT2D eigenvalue weighted by molar-refractivity contribution is -0.143. The van der Waals surface area contributed by atoms with Gasteiger partial charge in [-0.3, -0.25) is 14.6 Å². The maximum atomic E-state index is 12.5. The van der Waals surface area contributed by atoms with Crippen LogP contribution in [0.4, 0.5) is 0 Å². The predicted octanol–water partition coefficient (Wildman–Crippen LogP) is 1.44. The topological polar surface area (TPSA) is 53.5 Å². The maximum absolute atomic E-state index is 12.5. The first-order valence-corrected chi connectivity index (χ1v) is 6.99. The monoisotopic (exact) mass is 275 g/mol. The van der Waals surface area contributed by atoms with Gasteiger partial charge in [0.2, 0.25) is 11.8 Å². The van der Waals surface area contributed by atoms with Crippen molar-refractivity contribution in [2.24, 2.45) is 0 Å². The molecule has 0 bridgehead atoms. The fraction of sp³-hybridized carbons (Fsp3) is 0.533. The molecule has 1 aromatic heterocycles. The molecule has 0 radical (unpaired) electrons. The fourth-order valence-electron chi connectivity index (χ4n) is 2.54. The maximum Gasteiger partial charge on any atom is 0.245 e. The summed E-state index contributed by atoms with van der Waals surface area (Å²) in [5.74, 6) is 0.0715.